The number of hydrogen-bond donors (Lipinski definition) is 3. The molecule has 4 aliphatic heterocycles. The van der Waals surface area contributed by atoms with Crippen molar-refractivity contribution in [1.82, 2.24) is 13.9 Å². The molecule has 4 heterocycles. The first-order valence-corrected chi connectivity index (χ1v) is 13.0. The van der Waals surface area contributed by atoms with Crippen LogP contribution in [-0.2, 0) is 21.4 Å². The number of halogens is 1. The minimum absolute atomic E-state index is 0.0686. The molecule has 2 amide bonds. The number of nitrogens with one attached hydrogen (secondary N) is 2. The Bertz CT molecular complexity index is 1040. The Kier molecular flexibility index (Phi) is 5.69. The molecule has 3 atom stereocenters. The largest absolute Gasteiger partial charge is 0.349 e. The van der Waals surface area contributed by atoms with E-state index in [0.717, 1.165) is 18.4 Å². The van der Waals surface area contributed by atoms with Gasteiger partial charge in [-0.3, -0.25) is 9.59 Å². The van der Waals surface area contributed by atoms with E-state index < -0.39 is 10.2 Å². The van der Waals surface area contributed by atoms with Gasteiger partial charge < -0.3 is 16.4 Å². The zero-order valence-corrected chi connectivity index (χ0v) is 19.3. The second-order valence-electron chi connectivity index (χ2n) is 9.32. The maximum Gasteiger partial charge on any atom is 0.282 e. The molecule has 174 valence electrons. The van der Waals surface area contributed by atoms with E-state index >= 15 is 0 Å². The molecule has 0 unspecified atom stereocenters. The van der Waals surface area contributed by atoms with E-state index in [1.807, 2.05) is 0 Å². The lowest BCUT2D eigenvalue weighted by molar-refractivity contribution is -0.115. The molecule has 5 rings (SSSR count). The summed E-state index contributed by atoms with van der Waals surface area (Å²) in [4.78, 5) is 24.6. The molecule has 0 aliphatic carbocycles. The molecule has 3 saturated heterocycles. The molecule has 2 bridgehead atoms. The lowest BCUT2D eigenvalue weighted by Gasteiger charge is -2.41. The van der Waals surface area contributed by atoms with E-state index in [1.54, 1.807) is 20.7 Å². The molecule has 1 aromatic carbocycles. The summed E-state index contributed by atoms with van der Waals surface area (Å²) < 4.78 is 29.9. The van der Waals surface area contributed by atoms with Crippen molar-refractivity contribution in [2.75, 3.05) is 18.4 Å². The average molecular weight is 482 g/mol. The van der Waals surface area contributed by atoms with Crippen LogP contribution in [-0.4, -0.2) is 66.1 Å². The van der Waals surface area contributed by atoms with E-state index in [4.69, 9.17) is 17.3 Å². The summed E-state index contributed by atoms with van der Waals surface area (Å²) in [6, 6.07) is 3.00. The topological polar surface area (TPSA) is 125 Å². The fraction of sp³-hybridized carbons (Fsp3) is 0.619. The molecule has 0 aromatic heterocycles. The van der Waals surface area contributed by atoms with Gasteiger partial charge in [-0.15, -0.1) is 0 Å². The van der Waals surface area contributed by atoms with Crippen molar-refractivity contribution in [1.29, 1.82) is 0 Å². The first-order chi connectivity index (χ1) is 15.2. The smallest absolute Gasteiger partial charge is 0.282 e. The SMILES string of the molecule is NC1CCN(S(=O)(=O)N2[C@@H]3CC[C@H]2C[C@@H](NC(=O)c2cc4c(cc2Cl)NC(=O)C4)C3)CC1. The van der Waals surface area contributed by atoms with Crippen molar-refractivity contribution >= 4 is 39.3 Å². The first kappa shape index (κ1) is 22.1. The highest BCUT2D eigenvalue weighted by Crippen LogP contribution is 2.39. The van der Waals surface area contributed by atoms with E-state index in [0.29, 0.717) is 50.0 Å². The van der Waals surface area contributed by atoms with E-state index in [1.165, 1.54) is 0 Å². The number of hydrogen-bond acceptors (Lipinski definition) is 5. The Balaban J connectivity index is 1.27. The number of carbonyl (C=O) groups is 2. The summed E-state index contributed by atoms with van der Waals surface area (Å²) in [6.45, 7) is 0.932. The van der Waals surface area contributed by atoms with Crippen molar-refractivity contribution in [3.05, 3.63) is 28.3 Å². The quantitative estimate of drug-likeness (QED) is 0.596. The second-order valence-corrected chi connectivity index (χ2v) is 11.6. The van der Waals surface area contributed by atoms with Crippen LogP contribution in [0.5, 0.6) is 0 Å². The van der Waals surface area contributed by atoms with Crippen LogP contribution < -0.4 is 16.4 Å². The van der Waals surface area contributed by atoms with E-state index in [9.17, 15) is 18.0 Å². The van der Waals surface area contributed by atoms with Gasteiger partial charge in [-0.25, -0.2) is 0 Å². The Labute approximate surface area is 192 Å². The highest BCUT2D eigenvalue weighted by molar-refractivity contribution is 7.86. The van der Waals surface area contributed by atoms with Crippen LogP contribution in [0.15, 0.2) is 12.1 Å². The molecule has 1 aromatic rings. The van der Waals surface area contributed by atoms with Crippen molar-refractivity contribution in [2.24, 2.45) is 5.73 Å². The molecule has 3 fully saturated rings. The zero-order valence-electron chi connectivity index (χ0n) is 17.7. The fourth-order valence-electron chi connectivity index (χ4n) is 5.55. The lowest BCUT2D eigenvalue weighted by atomic mass is 9.99. The van der Waals surface area contributed by atoms with E-state index in [-0.39, 0.29) is 47.4 Å². The van der Waals surface area contributed by atoms with Crippen molar-refractivity contribution in [2.45, 2.75) is 69.1 Å². The predicted octanol–water partition coefficient (Wildman–Crippen LogP) is 1.23. The monoisotopic (exact) mass is 481 g/mol. The molecule has 0 spiro atoms. The highest BCUT2D eigenvalue weighted by atomic mass is 35.5. The van der Waals surface area contributed by atoms with Gasteiger partial charge in [0.05, 0.1) is 17.0 Å². The lowest BCUT2D eigenvalue weighted by Crippen LogP contribution is -2.57. The number of rotatable bonds is 4. The Morgan fingerprint density at radius 2 is 1.78 bits per heavy atom. The molecular weight excluding hydrogens is 454 g/mol. The molecule has 32 heavy (non-hydrogen) atoms. The Morgan fingerprint density at radius 3 is 2.44 bits per heavy atom. The van der Waals surface area contributed by atoms with E-state index in [2.05, 4.69) is 10.6 Å². The van der Waals surface area contributed by atoms with Crippen LogP contribution in [0.25, 0.3) is 0 Å². The minimum Gasteiger partial charge on any atom is -0.349 e. The van der Waals surface area contributed by atoms with Gasteiger partial charge in [0.1, 0.15) is 0 Å². The van der Waals surface area contributed by atoms with Crippen LogP contribution in [0.3, 0.4) is 0 Å². The first-order valence-electron chi connectivity index (χ1n) is 11.2. The van der Waals surface area contributed by atoms with Gasteiger partial charge in [0.15, 0.2) is 0 Å². The van der Waals surface area contributed by atoms with Crippen LogP contribution in [0.2, 0.25) is 5.02 Å². The molecular formula is C21H28ClN5O4S. The van der Waals surface area contributed by atoms with Crippen LogP contribution in [0, 0.1) is 0 Å². The van der Waals surface area contributed by atoms with Crippen LogP contribution in [0.4, 0.5) is 5.69 Å². The summed E-state index contributed by atoms with van der Waals surface area (Å²) in [5, 5.41) is 6.07. The van der Waals surface area contributed by atoms with Gasteiger partial charge in [-0.1, -0.05) is 11.6 Å². The number of nitrogens with two attached hydrogens (primary N) is 1. The summed E-state index contributed by atoms with van der Waals surface area (Å²) in [5.41, 5.74) is 7.68. The minimum atomic E-state index is -3.53. The molecule has 9 nitrogen and oxygen atoms in total. The second kappa shape index (κ2) is 8.25. The molecule has 0 saturated carbocycles. The maximum absolute atomic E-state index is 13.3. The van der Waals surface area contributed by atoms with Gasteiger partial charge in [0.25, 0.3) is 16.1 Å². The normalized spacial score (nSPS) is 29.1. The maximum atomic E-state index is 13.3. The average Bonchev–Trinajstić information content (AvgIpc) is 3.23. The summed E-state index contributed by atoms with van der Waals surface area (Å²) in [7, 11) is -3.53. The summed E-state index contributed by atoms with van der Waals surface area (Å²) in [5.74, 6) is -0.405. The standard InChI is InChI=1S/C21H28ClN5O4S/c22-18-11-19-12(8-20(28)25-19)7-17(18)21(29)24-14-9-15-1-2-16(10-14)27(15)32(30,31)26-5-3-13(23)4-6-26/h7,11,13-16H,1-6,8-10,23H2,(H,24,29)(H,25,28)/t14-,15+,16-. The van der Waals surface area contributed by atoms with Gasteiger partial charge >= 0.3 is 0 Å². The number of nitrogens with zero attached hydrogens (tertiary/aromatic N) is 2. The summed E-state index contributed by atoms with van der Waals surface area (Å²) >= 11 is 6.30. The van der Waals surface area contributed by atoms with Gasteiger partial charge in [-0.2, -0.15) is 17.0 Å². The number of fused-ring (bicyclic) bond motifs is 3. The number of piperidine rings is 2. The highest BCUT2D eigenvalue weighted by Gasteiger charge is 2.49. The third kappa shape index (κ3) is 3.92. The summed E-state index contributed by atoms with van der Waals surface area (Å²) in [6.07, 6.45) is 4.37. The number of amides is 2. The van der Waals surface area contributed by atoms with Crippen molar-refractivity contribution in [3.63, 3.8) is 0 Å². The molecule has 0 radical (unpaired) electrons. The Morgan fingerprint density at radius 1 is 1.12 bits per heavy atom. The molecule has 4 aliphatic rings. The third-order valence-electron chi connectivity index (χ3n) is 7.16. The molecule has 11 heteroatoms. The fourth-order valence-corrected chi connectivity index (χ4v) is 7.88. The van der Waals surface area contributed by atoms with Crippen LogP contribution in [0.1, 0.15) is 54.4 Å². The van der Waals surface area contributed by atoms with Crippen molar-refractivity contribution < 1.29 is 18.0 Å². The predicted molar refractivity (Wildman–Crippen MR) is 121 cm³/mol. The van der Waals surface area contributed by atoms with Crippen LogP contribution >= 0.6 is 11.6 Å². The number of carbonyl (C=O) groups excluding carboxylic acids is 2. The van der Waals surface area contributed by atoms with Gasteiger partial charge in [0.2, 0.25) is 5.91 Å². The number of anilines is 1. The zero-order chi connectivity index (χ0) is 22.6. The third-order valence-corrected chi connectivity index (χ3v) is 9.61. The Hall–Kier alpha value is -1.72. The molecule has 4 N–H and O–H groups in total. The number of benzene rings is 1. The van der Waals surface area contributed by atoms with Gasteiger partial charge in [0, 0.05) is 42.9 Å². The van der Waals surface area contributed by atoms with Gasteiger partial charge in [-0.05, 0) is 56.2 Å². The van der Waals surface area contributed by atoms with Crippen molar-refractivity contribution in [3.8, 4) is 0 Å².